The molecule has 3 rings (SSSR count). The molecule has 1 aliphatic heterocycles. The van der Waals surface area contributed by atoms with Gasteiger partial charge in [-0.25, -0.2) is 4.98 Å². The van der Waals surface area contributed by atoms with Crippen LogP contribution in [0.3, 0.4) is 0 Å². The maximum absolute atomic E-state index is 12.6. The van der Waals surface area contributed by atoms with Gasteiger partial charge in [0.25, 0.3) is 5.91 Å². The number of piperidine rings is 1. The fraction of sp³-hybridized carbons (Fsp3) is 0.444. The van der Waals surface area contributed by atoms with Crippen molar-refractivity contribution in [2.24, 2.45) is 5.92 Å². The van der Waals surface area contributed by atoms with E-state index in [0.717, 1.165) is 30.8 Å². The Morgan fingerprint density at radius 3 is 2.96 bits per heavy atom. The Morgan fingerprint density at radius 2 is 2.22 bits per heavy atom. The van der Waals surface area contributed by atoms with Crippen LogP contribution in [0.25, 0.3) is 0 Å². The molecule has 1 saturated heterocycles. The number of likely N-dealkylation sites (tertiary alicyclic amines) is 1. The molecule has 5 heteroatoms. The third-order valence-electron chi connectivity index (χ3n) is 4.40. The number of rotatable bonds is 4. The molecule has 1 aliphatic rings. The maximum atomic E-state index is 12.6. The van der Waals surface area contributed by atoms with Crippen molar-refractivity contribution in [2.75, 3.05) is 13.1 Å². The summed E-state index contributed by atoms with van der Waals surface area (Å²) in [6.07, 6.45) is 2.32. The predicted octanol–water partition coefficient (Wildman–Crippen LogP) is 2.97. The Morgan fingerprint density at radius 1 is 1.43 bits per heavy atom. The summed E-state index contributed by atoms with van der Waals surface area (Å²) in [4.78, 5) is 19.0. The lowest BCUT2D eigenvalue weighted by Gasteiger charge is -2.33. The van der Waals surface area contributed by atoms with E-state index in [2.05, 4.69) is 17.1 Å². The highest BCUT2D eigenvalue weighted by molar-refractivity contribution is 7.09. The standard InChI is InChI=1S/C18H22N2O2S/c1-13(21)15-8-5-9-20(11-15)18(22)16-12-23-17(19-16)10-14-6-3-2-4-7-14/h2-4,6-7,12-13,15,21H,5,8-11H2,1H3. The Labute approximate surface area is 140 Å². The van der Waals surface area contributed by atoms with Gasteiger partial charge in [-0.05, 0) is 25.3 Å². The van der Waals surface area contributed by atoms with E-state index in [1.165, 1.54) is 16.9 Å². The Balaban J connectivity index is 1.66. The van der Waals surface area contributed by atoms with Gasteiger partial charge in [-0.2, -0.15) is 0 Å². The molecule has 1 aromatic carbocycles. The van der Waals surface area contributed by atoms with Crippen molar-refractivity contribution >= 4 is 17.2 Å². The number of amides is 1. The van der Waals surface area contributed by atoms with E-state index in [-0.39, 0.29) is 17.9 Å². The molecule has 0 saturated carbocycles. The molecule has 2 aromatic rings. The SMILES string of the molecule is CC(O)C1CCCN(C(=O)c2csc(Cc3ccccc3)n2)C1. The second-order valence-electron chi connectivity index (χ2n) is 6.18. The third-order valence-corrected chi connectivity index (χ3v) is 5.25. The number of benzene rings is 1. The summed E-state index contributed by atoms with van der Waals surface area (Å²) in [6, 6.07) is 10.2. The minimum absolute atomic E-state index is 0.00842. The number of aliphatic hydroxyl groups excluding tert-OH is 1. The summed E-state index contributed by atoms with van der Waals surface area (Å²) in [7, 11) is 0. The Bertz CT molecular complexity index is 654. The van der Waals surface area contributed by atoms with Gasteiger partial charge in [0.05, 0.1) is 11.1 Å². The number of aliphatic hydroxyl groups is 1. The molecule has 1 N–H and O–H groups in total. The fourth-order valence-electron chi connectivity index (χ4n) is 3.01. The molecule has 23 heavy (non-hydrogen) atoms. The number of carbonyl (C=O) groups is 1. The van der Waals surface area contributed by atoms with Crippen molar-refractivity contribution in [1.29, 1.82) is 0 Å². The lowest BCUT2D eigenvalue weighted by molar-refractivity contribution is 0.0462. The van der Waals surface area contributed by atoms with E-state index in [1.54, 1.807) is 6.92 Å². The van der Waals surface area contributed by atoms with E-state index in [4.69, 9.17) is 0 Å². The van der Waals surface area contributed by atoms with Crippen LogP contribution >= 0.6 is 11.3 Å². The van der Waals surface area contributed by atoms with Gasteiger partial charge in [0.2, 0.25) is 0 Å². The van der Waals surface area contributed by atoms with Crippen LogP contribution in [0, 0.1) is 5.92 Å². The van der Waals surface area contributed by atoms with Crippen molar-refractivity contribution < 1.29 is 9.90 Å². The number of nitrogens with zero attached hydrogens (tertiary/aromatic N) is 2. The van der Waals surface area contributed by atoms with Gasteiger partial charge in [-0.1, -0.05) is 30.3 Å². The molecule has 2 unspecified atom stereocenters. The van der Waals surface area contributed by atoms with E-state index in [9.17, 15) is 9.90 Å². The van der Waals surface area contributed by atoms with Crippen molar-refractivity contribution in [3.05, 3.63) is 52.0 Å². The maximum Gasteiger partial charge on any atom is 0.273 e. The first-order valence-corrected chi connectivity index (χ1v) is 8.97. The lowest BCUT2D eigenvalue weighted by Crippen LogP contribution is -2.43. The molecule has 1 aromatic heterocycles. The van der Waals surface area contributed by atoms with Gasteiger partial charge in [-0.3, -0.25) is 4.79 Å². The van der Waals surface area contributed by atoms with Crippen molar-refractivity contribution in [3.63, 3.8) is 0 Å². The molecule has 4 nitrogen and oxygen atoms in total. The van der Waals surface area contributed by atoms with Crippen molar-refractivity contribution in [3.8, 4) is 0 Å². The molecular weight excluding hydrogens is 308 g/mol. The molecule has 122 valence electrons. The van der Waals surface area contributed by atoms with Crippen LogP contribution < -0.4 is 0 Å². The highest BCUT2D eigenvalue weighted by Crippen LogP contribution is 2.22. The molecule has 0 bridgehead atoms. The van der Waals surface area contributed by atoms with Crippen LogP contribution in [0.5, 0.6) is 0 Å². The minimum Gasteiger partial charge on any atom is -0.393 e. The molecule has 1 amide bonds. The zero-order valence-corrected chi connectivity index (χ0v) is 14.1. The highest BCUT2D eigenvalue weighted by atomic mass is 32.1. The monoisotopic (exact) mass is 330 g/mol. The number of thiazole rings is 1. The quantitative estimate of drug-likeness (QED) is 0.938. The predicted molar refractivity (Wildman–Crippen MR) is 91.7 cm³/mol. The van der Waals surface area contributed by atoms with Gasteiger partial charge in [0.15, 0.2) is 0 Å². The Hall–Kier alpha value is -1.72. The van der Waals surface area contributed by atoms with Crippen molar-refractivity contribution in [1.82, 2.24) is 9.88 Å². The van der Waals surface area contributed by atoms with Crippen LogP contribution in [0.1, 0.15) is 40.8 Å². The topological polar surface area (TPSA) is 53.4 Å². The second kappa shape index (κ2) is 7.23. The third kappa shape index (κ3) is 3.98. The zero-order valence-electron chi connectivity index (χ0n) is 13.3. The number of aromatic nitrogens is 1. The average Bonchev–Trinajstić information content (AvgIpc) is 3.03. The van der Waals surface area contributed by atoms with Crippen LogP contribution in [-0.2, 0) is 6.42 Å². The van der Waals surface area contributed by atoms with Crippen LogP contribution in [0.15, 0.2) is 35.7 Å². The van der Waals surface area contributed by atoms with Gasteiger partial charge in [-0.15, -0.1) is 11.3 Å². The molecule has 0 radical (unpaired) electrons. The second-order valence-corrected chi connectivity index (χ2v) is 7.13. The first-order valence-electron chi connectivity index (χ1n) is 8.09. The number of hydrogen-bond donors (Lipinski definition) is 1. The first-order chi connectivity index (χ1) is 11.1. The minimum atomic E-state index is -0.366. The zero-order chi connectivity index (χ0) is 16.2. The molecule has 0 spiro atoms. The normalized spacial score (nSPS) is 19.6. The van der Waals surface area contributed by atoms with E-state index >= 15 is 0 Å². The summed E-state index contributed by atoms with van der Waals surface area (Å²) in [5, 5.41) is 12.6. The average molecular weight is 330 g/mol. The summed E-state index contributed by atoms with van der Waals surface area (Å²) in [6.45, 7) is 3.19. The highest BCUT2D eigenvalue weighted by Gasteiger charge is 2.28. The van der Waals surface area contributed by atoms with Gasteiger partial charge in [0.1, 0.15) is 5.69 Å². The van der Waals surface area contributed by atoms with Crippen LogP contribution in [0.2, 0.25) is 0 Å². The summed E-state index contributed by atoms with van der Waals surface area (Å²) >= 11 is 1.54. The summed E-state index contributed by atoms with van der Waals surface area (Å²) in [5.74, 6) is 0.168. The van der Waals surface area contributed by atoms with Gasteiger partial charge < -0.3 is 10.0 Å². The van der Waals surface area contributed by atoms with Gasteiger partial charge >= 0.3 is 0 Å². The summed E-state index contributed by atoms with van der Waals surface area (Å²) < 4.78 is 0. The van der Waals surface area contributed by atoms with Gasteiger partial charge in [0, 0.05) is 30.8 Å². The molecule has 1 fully saturated rings. The van der Waals surface area contributed by atoms with E-state index in [1.807, 2.05) is 28.5 Å². The largest absolute Gasteiger partial charge is 0.393 e. The van der Waals surface area contributed by atoms with Crippen LogP contribution in [-0.4, -0.2) is 40.1 Å². The summed E-state index contributed by atoms with van der Waals surface area (Å²) in [5.41, 5.74) is 1.74. The smallest absolute Gasteiger partial charge is 0.273 e. The molecule has 2 atom stereocenters. The molecule has 0 aliphatic carbocycles. The fourth-order valence-corrected chi connectivity index (χ4v) is 3.81. The van der Waals surface area contributed by atoms with Crippen LogP contribution in [0.4, 0.5) is 0 Å². The molecular formula is C18H22N2O2S. The lowest BCUT2D eigenvalue weighted by atomic mass is 9.93. The first kappa shape index (κ1) is 16.1. The number of hydrogen-bond acceptors (Lipinski definition) is 4. The Kier molecular flexibility index (Phi) is 5.08. The van der Waals surface area contributed by atoms with Crippen molar-refractivity contribution in [2.45, 2.75) is 32.3 Å². The number of carbonyl (C=O) groups excluding carboxylic acids is 1. The van der Waals surface area contributed by atoms with E-state index < -0.39 is 0 Å². The molecule has 2 heterocycles. The van der Waals surface area contributed by atoms with E-state index in [0.29, 0.717) is 12.2 Å².